The average molecular weight is 345 g/mol. The minimum Gasteiger partial charge on any atom is -0.357 e. The molecular weight excluding hydrogens is 312 g/mol. The van der Waals surface area contributed by atoms with Gasteiger partial charge in [-0.25, -0.2) is 9.97 Å². The van der Waals surface area contributed by atoms with Crippen LogP contribution in [0.2, 0.25) is 0 Å². The van der Waals surface area contributed by atoms with Crippen LogP contribution in [0.3, 0.4) is 0 Å². The van der Waals surface area contributed by atoms with Crippen molar-refractivity contribution >= 4 is 11.7 Å². The van der Waals surface area contributed by atoms with Crippen LogP contribution in [0.1, 0.15) is 70.3 Å². The third-order valence-electron chi connectivity index (χ3n) is 5.86. The quantitative estimate of drug-likeness (QED) is 0.838. The summed E-state index contributed by atoms with van der Waals surface area (Å²) in [7, 11) is 0. The van der Waals surface area contributed by atoms with E-state index in [0.717, 1.165) is 62.8 Å². The first kappa shape index (κ1) is 18.2. The van der Waals surface area contributed by atoms with E-state index in [0.29, 0.717) is 5.92 Å². The molecule has 1 aromatic heterocycles. The van der Waals surface area contributed by atoms with Gasteiger partial charge in [-0.1, -0.05) is 20.8 Å². The van der Waals surface area contributed by atoms with Crippen molar-refractivity contribution in [3.8, 4) is 0 Å². The number of hydrogen-bond acceptors (Lipinski definition) is 4. The summed E-state index contributed by atoms with van der Waals surface area (Å²) in [5.74, 6) is 2.52. The summed E-state index contributed by atoms with van der Waals surface area (Å²) >= 11 is 0. The smallest absolute Gasteiger partial charge is 0.228 e. The predicted molar refractivity (Wildman–Crippen MR) is 101 cm³/mol. The summed E-state index contributed by atoms with van der Waals surface area (Å²) in [4.78, 5) is 26.7. The molecule has 5 nitrogen and oxygen atoms in total. The van der Waals surface area contributed by atoms with E-state index in [1.165, 1.54) is 12.8 Å². The van der Waals surface area contributed by atoms with Crippen molar-refractivity contribution in [1.82, 2.24) is 14.9 Å². The number of aryl methyl sites for hydroxylation is 1. The van der Waals surface area contributed by atoms with Crippen molar-refractivity contribution in [1.29, 1.82) is 0 Å². The van der Waals surface area contributed by atoms with Crippen LogP contribution in [0, 0.1) is 12.3 Å². The number of rotatable bonds is 4. The number of piperidine rings is 1. The van der Waals surface area contributed by atoms with Crippen LogP contribution in [-0.2, 0) is 4.79 Å². The summed E-state index contributed by atoms with van der Waals surface area (Å²) < 4.78 is 0. The van der Waals surface area contributed by atoms with E-state index >= 15 is 0 Å². The molecule has 3 rings (SSSR count). The molecule has 5 heteroatoms. The van der Waals surface area contributed by atoms with Crippen LogP contribution in [0.25, 0.3) is 0 Å². The Morgan fingerprint density at radius 3 is 2.60 bits per heavy atom. The van der Waals surface area contributed by atoms with E-state index < -0.39 is 0 Å². The molecule has 138 valence electrons. The predicted octanol–water partition coefficient (Wildman–Crippen LogP) is 3.53. The average Bonchev–Trinajstić information content (AvgIpc) is 3.15. The number of nitrogens with zero attached hydrogens (tertiary/aromatic N) is 4. The van der Waals surface area contributed by atoms with Crippen molar-refractivity contribution in [2.24, 2.45) is 5.41 Å². The van der Waals surface area contributed by atoms with Gasteiger partial charge in [-0.3, -0.25) is 4.79 Å². The number of aromatic nitrogens is 2. The molecule has 1 amide bonds. The Labute approximate surface area is 151 Å². The van der Waals surface area contributed by atoms with E-state index in [1.807, 2.05) is 6.92 Å². The van der Waals surface area contributed by atoms with Gasteiger partial charge in [0.05, 0.1) is 5.69 Å². The zero-order valence-corrected chi connectivity index (χ0v) is 16.2. The highest BCUT2D eigenvalue weighted by molar-refractivity contribution is 5.82. The molecule has 2 aliphatic heterocycles. The third kappa shape index (κ3) is 3.96. The minimum atomic E-state index is -0.274. The summed E-state index contributed by atoms with van der Waals surface area (Å²) in [6.45, 7) is 12.0. The largest absolute Gasteiger partial charge is 0.357 e. The van der Waals surface area contributed by atoms with E-state index in [1.54, 1.807) is 0 Å². The highest BCUT2D eigenvalue weighted by Gasteiger charge is 2.34. The van der Waals surface area contributed by atoms with Crippen LogP contribution in [0.15, 0.2) is 6.07 Å². The molecule has 0 N–H and O–H groups in total. The molecule has 1 aromatic rings. The minimum absolute atomic E-state index is 0.274. The molecule has 25 heavy (non-hydrogen) atoms. The maximum atomic E-state index is 12.9. The molecule has 0 saturated carbocycles. The summed E-state index contributed by atoms with van der Waals surface area (Å²) in [6.07, 6.45) is 5.52. The highest BCUT2D eigenvalue weighted by Crippen LogP contribution is 2.31. The molecule has 3 heterocycles. The van der Waals surface area contributed by atoms with Crippen molar-refractivity contribution in [2.75, 3.05) is 31.1 Å². The third-order valence-corrected chi connectivity index (χ3v) is 5.86. The molecule has 0 aliphatic carbocycles. The monoisotopic (exact) mass is 344 g/mol. The number of carbonyl (C=O) groups is 1. The van der Waals surface area contributed by atoms with E-state index in [9.17, 15) is 4.79 Å². The van der Waals surface area contributed by atoms with Crippen LogP contribution in [0.5, 0.6) is 0 Å². The van der Waals surface area contributed by atoms with Crippen LogP contribution in [0.4, 0.5) is 5.82 Å². The fourth-order valence-electron chi connectivity index (χ4n) is 3.87. The molecule has 0 aromatic carbocycles. The molecule has 2 fully saturated rings. The van der Waals surface area contributed by atoms with Crippen molar-refractivity contribution in [3.63, 3.8) is 0 Å². The van der Waals surface area contributed by atoms with Gasteiger partial charge in [-0.05, 0) is 39.0 Å². The zero-order chi connectivity index (χ0) is 18.0. The van der Waals surface area contributed by atoms with Gasteiger partial charge < -0.3 is 9.80 Å². The summed E-state index contributed by atoms with van der Waals surface area (Å²) in [5.41, 5.74) is 0.839. The van der Waals surface area contributed by atoms with Crippen LogP contribution >= 0.6 is 0 Å². The number of anilines is 1. The molecular formula is C20H32N4O. The lowest BCUT2D eigenvalue weighted by atomic mass is 9.86. The first-order chi connectivity index (χ1) is 11.9. The van der Waals surface area contributed by atoms with Gasteiger partial charge in [0.1, 0.15) is 11.6 Å². The van der Waals surface area contributed by atoms with Gasteiger partial charge in [0.15, 0.2) is 0 Å². The first-order valence-corrected chi connectivity index (χ1v) is 9.80. The molecule has 0 bridgehead atoms. The first-order valence-electron chi connectivity index (χ1n) is 9.80. The summed E-state index contributed by atoms with van der Waals surface area (Å²) in [5, 5.41) is 0. The lowest BCUT2D eigenvalue weighted by Crippen LogP contribution is -2.45. The number of likely N-dealkylation sites (tertiary alicyclic amines) is 1. The Hall–Kier alpha value is -1.65. The fourth-order valence-corrected chi connectivity index (χ4v) is 3.87. The Balaban J connectivity index is 1.78. The maximum absolute atomic E-state index is 12.9. The lowest BCUT2D eigenvalue weighted by molar-refractivity contribution is -0.141. The Bertz CT molecular complexity index is 622. The van der Waals surface area contributed by atoms with Gasteiger partial charge in [0, 0.05) is 43.6 Å². The second-order valence-corrected chi connectivity index (χ2v) is 8.22. The SMILES string of the molecule is CCC(C)(C)C(=O)N1CCCC(c2cc(N3CCCC3)nc(C)n2)C1. The molecule has 1 atom stereocenters. The van der Waals surface area contributed by atoms with Gasteiger partial charge >= 0.3 is 0 Å². The molecule has 2 aliphatic rings. The van der Waals surface area contributed by atoms with Crippen molar-refractivity contribution < 1.29 is 4.79 Å². The van der Waals surface area contributed by atoms with Gasteiger partial charge in [0.25, 0.3) is 0 Å². The van der Waals surface area contributed by atoms with Gasteiger partial charge in [-0.2, -0.15) is 0 Å². The second kappa shape index (κ2) is 7.30. The topological polar surface area (TPSA) is 49.3 Å². The Morgan fingerprint density at radius 1 is 1.20 bits per heavy atom. The van der Waals surface area contributed by atoms with Gasteiger partial charge in [0.2, 0.25) is 5.91 Å². The molecule has 1 unspecified atom stereocenters. The maximum Gasteiger partial charge on any atom is 0.228 e. The highest BCUT2D eigenvalue weighted by atomic mass is 16.2. The lowest BCUT2D eigenvalue weighted by Gasteiger charge is -2.37. The van der Waals surface area contributed by atoms with E-state index in [-0.39, 0.29) is 11.3 Å². The Morgan fingerprint density at radius 2 is 1.92 bits per heavy atom. The standard InChI is InChI=1S/C20H32N4O/c1-5-20(3,4)19(25)24-12-8-9-16(14-24)17-13-18(22-15(2)21-17)23-10-6-7-11-23/h13,16H,5-12,14H2,1-4H3. The number of hydrogen-bond donors (Lipinski definition) is 0. The molecule has 0 spiro atoms. The number of amides is 1. The van der Waals surface area contributed by atoms with Crippen LogP contribution < -0.4 is 4.90 Å². The Kier molecular flexibility index (Phi) is 5.30. The molecule has 2 saturated heterocycles. The normalized spacial score (nSPS) is 21.7. The fraction of sp³-hybridized carbons (Fsp3) is 0.750. The zero-order valence-electron chi connectivity index (χ0n) is 16.2. The molecule has 0 radical (unpaired) electrons. The van der Waals surface area contributed by atoms with Gasteiger partial charge in [-0.15, -0.1) is 0 Å². The van der Waals surface area contributed by atoms with E-state index in [4.69, 9.17) is 4.98 Å². The van der Waals surface area contributed by atoms with Crippen molar-refractivity contribution in [3.05, 3.63) is 17.6 Å². The van der Waals surface area contributed by atoms with E-state index in [2.05, 4.69) is 41.6 Å². The summed E-state index contributed by atoms with van der Waals surface area (Å²) in [6, 6.07) is 2.17. The van der Waals surface area contributed by atoms with Crippen LogP contribution in [-0.4, -0.2) is 47.0 Å². The number of carbonyl (C=O) groups excluding carboxylic acids is 1. The second-order valence-electron chi connectivity index (χ2n) is 8.22. The van der Waals surface area contributed by atoms with Crippen molar-refractivity contribution in [2.45, 2.75) is 65.7 Å².